The summed E-state index contributed by atoms with van der Waals surface area (Å²) in [5.74, 6) is 0.999. The Labute approximate surface area is 118 Å². The van der Waals surface area contributed by atoms with Crippen LogP contribution in [-0.4, -0.2) is 31.0 Å². The molecule has 20 heavy (non-hydrogen) atoms. The van der Waals surface area contributed by atoms with Gasteiger partial charge in [-0.1, -0.05) is 25.0 Å². The van der Waals surface area contributed by atoms with E-state index in [1.165, 1.54) is 12.8 Å². The van der Waals surface area contributed by atoms with Crippen LogP contribution in [-0.2, 0) is 0 Å². The van der Waals surface area contributed by atoms with Gasteiger partial charge in [-0.3, -0.25) is 4.79 Å². The summed E-state index contributed by atoms with van der Waals surface area (Å²) >= 11 is 0. The van der Waals surface area contributed by atoms with E-state index >= 15 is 0 Å². The zero-order chi connectivity index (χ0) is 14.1. The molecule has 1 saturated carbocycles. The van der Waals surface area contributed by atoms with Crippen molar-refractivity contribution in [1.29, 1.82) is 0 Å². The number of carbonyl (C=O) groups is 1. The smallest absolute Gasteiger partial charge is 0.289 e. The highest BCUT2D eigenvalue weighted by molar-refractivity contribution is 5.97. The molecule has 2 aromatic rings. The lowest BCUT2D eigenvalue weighted by molar-refractivity contribution is 0.0705. The second-order valence-electron chi connectivity index (χ2n) is 5.34. The van der Waals surface area contributed by atoms with Crippen LogP contribution >= 0.6 is 0 Å². The quantitative estimate of drug-likeness (QED) is 0.860. The lowest BCUT2D eigenvalue weighted by Crippen LogP contribution is -2.34. The van der Waals surface area contributed by atoms with Crippen molar-refractivity contribution in [2.24, 2.45) is 0 Å². The zero-order valence-corrected chi connectivity index (χ0v) is 11.9. The van der Waals surface area contributed by atoms with Crippen molar-refractivity contribution < 1.29 is 13.9 Å². The molecule has 0 atom stereocenters. The fraction of sp³-hybridized carbons (Fsp3) is 0.438. The van der Waals surface area contributed by atoms with Crippen LogP contribution in [0.3, 0.4) is 0 Å². The number of carbonyl (C=O) groups excluding carboxylic acids is 1. The molecular weight excluding hydrogens is 254 g/mol. The van der Waals surface area contributed by atoms with E-state index in [1.54, 1.807) is 13.2 Å². The monoisotopic (exact) mass is 273 g/mol. The SMILES string of the molecule is COc1cccc2cc(C(=O)N(C)C3CCCC3)oc12. The van der Waals surface area contributed by atoms with E-state index in [0.717, 1.165) is 18.2 Å². The summed E-state index contributed by atoms with van der Waals surface area (Å²) in [6.45, 7) is 0. The number of ether oxygens (including phenoxy) is 1. The maximum atomic E-state index is 12.5. The second kappa shape index (κ2) is 5.19. The summed E-state index contributed by atoms with van der Waals surface area (Å²) in [4.78, 5) is 14.3. The molecule has 0 radical (unpaired) electrons. The van der Waals surface area contributed by atoms with Crippen molar-refractivity contribution in [3.8, 4) is 5.75 Å². The highest BCUT2D eigenvalue weighted by Gasteiger charge is 2.26. The first-order valence-electron chi connectivity index (χ1n) is 7.04. The van der Waals surface area contributed by atoms with Crippen LogP contribution in [0.4, 0.5) is 0 Å². The predicted octanol–water partition coefficient (Wildman–Crippen LogP) is 3.46. The third-order valence-corrected chi connectivity index (χ3v) is 4.13. The van der Waals surface area contributed by atoms with Gasteiger partial charge in [-0.05, 0) is 25.0 Å². The van der Waals surface area contributed by atoms with Gasteiger partial charge in [0.25, 0.3) is 5.91 Å². The van der Waals surface area contributed by atoms with Crippen molar-refractivity contribution in [1.82, 2.24) is 4.90 Å². The van der Waals surface area contributed by atoms with Crippen LogP contribution in [0.25, 0.3) is 11.0 Å². The largest absolute Gasteiger partial charge is 0.493 e. The molecule has 1 aliphatic carbocycles. The molecule has 1 heterocycles. The normalized spacial score (nSPS) is 15.7. The molecular formula is C16H19NO3. The summed E-state index contributed by atoms with van der Waals surface area (Å²) in [5, 5.41) is 0.896. The maximum Gasteiger partial charge on any atom is 0.289 e. The van der Waals surface area contributed by atoms with Gasteiger partial charge in [-0.15, -0.1) is 0 Å². The Morgan fingerprint density at radius 1 is 1.35 bits per heavy atom. The Balaban J connectivity index is 1.91. The number of benzene rings is 1. The van der Waals surface area contributed by atoms with Crippen LogP contribution in [0.1, 0.15) is 36.2 Å². The second-order valence-corrected chi connectivity index (χ2v) is 5.34. The van der Waals surface area contributed by atoms with Gasteiger partial charge < -0.3 is 14.1 Å². The molecule has 0 N–H and O–H groups in total. The summed E-state index contributed by atoms with van der Waals surface area (Å²) in [7, 11) is 3.46. The molecule has 0 unspecified atom stereocenters. The lowest BCUT2D eigenvalue weighted by Gasteiger charge is -2.23. The Morgan fingerprint density at radius 2 is 2.10 bits per heavy atom. The third kappa shape index (κ3) is 2.15. The van der Waals surface area contributed by atoms with E-state index in [0.29, 0.717) is 23.1 Å². The number of hydrogen-bond donors (Lipinski definition) is 0. The third-order valence-electron chi connectivity index (χ3n) is 4.13. The number of nitrogens with zero attached hydrogens (tertiary/aromatic N) is 1. The minimum absolute atomic E-state index is 0.0462. The first-order valence-corrected chi connectivity index (χ1v) is 7.04. The van der Waals surface area contributed by atoms with Gasteiger partial charge in [0.2, 0.25) is 0 Å². The number of amides is 1. The maximum absolute atomic E-state index is 12.5. The summed E-state index contributed by atoms with van der Waals surface area (Å²) in [6.07, 6.45) is 4.59. The standard InChI is InChI=1S/C16H19NO3/c1-17(12-7-3-4-8-12)16(18)14-10-11-6-5-9-13(19-2)15(11)20-14/h5-6,9-10,12H,3-4,7-8H2,1-2H3. The van der Waals surface area contributed by atoms with Crippen LogP contribution in [0.15, 0.2) is 28.7 Å². The van der Waals surface area contributed by atoms with Gasteiger partial charge in [0.1, 0.15) is 0 Å². The molecule has 4 heteroatoms. The molecule has 0 aliphatic heterocycles. The minimum atomic E-state index is -0.0462. The Hall–Kier alpha value is -1.97. The van der Waals surface area contributed by atoms with Crippen molar-refractivity contribution in [2.45, 2.75) is 31.7 Å². The van der Waals surface area contributed by atoms with Crippen LogP contribution in [0, 0.1) is 0 Å². The summed E-state index contributed by atoms with van der Waals surface area (Å²) in [5.41, 5.74) is 0.637. The molecule has 1 amide bonds. The fourth-order valence-electron chi connectivity index (χ4n) is 2.93. The molecule has 3 rings (SSSR count). The number of rotatable bonds is 3. The number of furan rings is 1. The van der Waals surface area contributed by atoms with Gasteiger partial charge in [0.05, 0.1) is 7.11 Å². The van der Waals surface area contributed by atoms with Gasteiger partial charge in [-0.2, -0.15) is 0 Å². The van der Waals surface area contributed by atoms with E-state index in [-0.39, 0.29) is 5.91 Å². The van der Waals surface area contributed by atoms with Crippen LogP contribution in [0.2, 0.25) is 0 Å². The number of hydrogen-bond acceptors (Lipinski definition) is 3. The van der Waals surface area contributed by atoms with Gasteiger partial charge in [0.15, 0.2) is 17.1 Å². The van der Waals surface area contributed by atoms with E-state index in [1.807, 2.05) is 30.1 Å². The molecule has 0 bridgehead atoms. The van der Waals surface area contributed by atoms with E-state index < -0.39 is 0 Å². The molecule has 1 fully saturated rings. The molecule has 0 saturated heterocycles. The van der Waals surface area contributed by atoms with Gasteiger partial charge in [-0.25, -0.2) is 0 Å². The molecule has 1 aromatic carbocycles. The van der Waals surface area contributed by atoms with Crippen molar-refractivity contribution >= 4 is 16.9 Å². The van der Waals surface area contributed by atoms with Gasteiger partial charge in [0, 0.05) is 18.5 Å². The lowest BCUT2D eigenvalue weighted by atomic mass is 10.2. The molecule has 1 aromatic heterocycles. The van der Waals surface area contributed by atoms with E-state index in [4.69, 9.17) is 9.15 Å². The van der Waals surface area contributed by atoms with Crippen molar-refractivity contribution in [2.75, 3.05) is 14.2 Å². The van der Waals surface area contributed by atoms with Crippen LogP contribution in [0.5, 0.6) is 5.75 Å². The Morgan fingerprint density at radius 3 is 2.80 bits per heavy atom. The Kier molecular flexibility index (Phi) is 3.38. The Bertz CT molecular complexity index is 626. The van der Waals surface area contributed by atoms with Crippen LogP contribution < -0.4 is 4.74 Å². The van der Waals surface area contributed by atoms with E-state index in [9.17, 15) is 4.79 Å². The molecule has 4 nitrogen and oxygen atoms in total. The number of fused-ring (bicyclic) bond motifs is 1. The molecule has 106 valence electrons. The highest BCUT2D eigenvalue weighted by atomic mass is 16.5. The van der Waals surface area contributed by atoms with Crippen molar-refractivity contribution in [3.05, 3.63) is 30.0 Å². The minimum Gasteiger partial charge on any atom is -0.493 e. The van der Waals surface area contributed by atoms with E-state index in [2.05, 4.69) is 0 Å². The topological polar surface area (TPSA) is 42.7 Å². The average Bonchev–Trinajstić information content (AvgIpc) is 3.13. The zero-order valence-electron chi connectivity index (χ0n) is 11.9. The summed E-state index contributed by atoms with van der Waals surface area (Å²) < 4.78 is 11.0. The number of para-hydroxylation sites is 1. The van der Waals surface area contributed by atoms with Crippen molar-refractivity contribution in [3.63, 3.8) is 0 Å². The fourth-order valence-corrected chi connectivity index (χ4v) is 2.93. The average molecular weight is 273 g/mol. The first kappa shape index (κ1) is 13.0. The summed E-state index contributed by atoms with van der Waals surface area (Å²) in [6, 6.07) is 7.80. The van der Waals surface area contributed by atoms with Gasteiger partial charge >= 0.3 is 0 Å². The number of methoxy groups -OCH3 is 1. The molecule has 1 aliphatic rings. The highest BCUT2D eigenvalue weighted by Crippen LogP contribution is 2.30. The predicted molar refractivity (Wildman–Crippen MR) is 77.1 cm³/mol. The first-order chi connectivity index (χ1) is 9.70. The molecule has 0 spiro atoms.